The zero-order valence-electron chi connectivity index (χ0n) is 22.9. The number of hydrogen-bond donors (Lipinski definition) is 1. The zero-order valence-corrected chi connectivity index (χ0v) is 24.4. The summed E-state index contributed by atoms with van der Waals surface area (Å²) in [5.74, 6) is 0.823. The van der Waals surface area contributed by atoms with Gasteiger partial charge in [0.1, 0.15) is 41.2 Å². The van der Waals surface area contributed by atoms with Crippen LogP contribution in [0.2, 0.25) is 0 Å². The summed E-state index contributed by atoms with van der Waals surface area (Å²) in [4.78, 5) is 44.2. The number of benzene rings is 3. The van der Waals surface area contributed by atoms with Crippen molar-refractivity contribution < 1.29 is 29.0 Å². The largest absolute Gasteiger partial charge is 0.508 e. The highest BCUT2D eigenvalue weighted by atomic mass is 35.5. The topological polar surface area (TPSA) is 97.7 Å². The second kappa shape index (κ2) is 20.4. The lowest BCUT2D eigenvalue weighted by Gasteiger charge is -2.07. The summed E-state index contributed by atoms with van der Waals surface area (Å²) in [6.07, 6.45) is 2.13. The highest BCUT2D eigenvalue weighted by Crippen LogP contribution is 2.16. The Morgan fingerprint density at radius 1 is 0.650 bits per heavy atom. The average Bonchev–Trinajstić information content (AvgIpc) is 2.92. The molecule has 0 aromatic heterocycles. The highest BCUT2D eigenvalue weighted by Gasteiger charge is 2.07. The molecule has 0 aliphatic heterocycles. The molecule has 6 nitrogen and oxygen atoms in total. The Balaban J connectivity index is 0.000000386. The van der Waals surface area contributed by atoms with Crippen molar-refractivity contribution in [1.82, 2.24) is 0 Å². The van der Waals surface area contributed by atoms with Gasteiger partial charge in [0.25, 0.3) is 0 Å². The molecule has 0 aliphatic carbocycles. The molecule has 8 heteroatoms. The van der Waals surface area contributed by atoms with E-state index in [-0.39, 0.29) is 47.1 Å². The van der Waals surface area contributed by atoms with Gasteiger partial charge in [-0.1, -0.05) is 54.6 Å². The Morgan fingerprint density at radius 3 is 1.50 bits per heavy atom. The molecule has 1 N–H and O–H groups in total. The second-order valence-electron chi connectivity index (χ2n) is 9.02. The maximum absolute atomic E-state index is 11.5. The van der Waals surface area contributed by atoms with Gasteiger partial charge in [0.15, 0.2) is 0 Å². The Hall–Kier alpha value is -3.48. The van der Waals surface area contributed by atoms with Crippen LogP contribution in [0.25, 0.3) is 0 Å². The molecule has 0 spiro atoms. The molecular formula is C32H36Cl2O6. The first kappa shape index (κ1) is 34.5. The normalized spacial score (nSPS) is 9.80. The summed E-state index contributed by atoms with van der Waals surface area (Å²) < 4.78 is 5.71. The predicted octanol–water partition coefficient (Wildman–Crippen LogP) is 7.04. The van der Waals surface area contributed by atoms with Crippen LogP contribution in [0, 0.1) is 0 Å². The van der Waals surface area contributed by atoms with E-state index in [9.17, 15) is 19.2 Å². The van der Waals surface area contributed by atoms with Gasteiger partial charge < -0.3 is 9.84 Å². The van der Waals surface area contributed by atoms with Crippen molar-refractivity contribution in [1.29, 1.82) is 0 Å². The molecule has 0 bridgehead atoms. The summed E-state index contributed by atoms with van der Waals surface area (Å²) in [6, 6.07) is 24.5. The summed E-state index contributed by atoms with van der Waals surface area (Å²) >= 11 is 9.53. The number of aromatic hydroxyl groups is 1. The second-order valence-corrected chi connectivity index (χ2v) is 9.83. The van der Waals surface area contributed by atoms with Gasteiger partial charge in [-0.25, -0.2) is 0 Å². The first-order chi connectivity index (χ1) is 19.1. The van der Waals surface area contributed by atoms with Crippen molar-refractivity contribution in [2.24, 2.45) is 0 Å². The number of hydrogen-bond acceptors (Lipinski definition) is 6. The number of carbonyl (C=O) groups excluding carboxylic acids is 4. The third-order valence-corrected chi connectivity index (χ3v) is 5.39. The molecule has 0 atom stereocenters. The first-order valence-corrected chi connectivity index (χ1v) is 13.9. The van der Waals surface area contributed by atoms with Gasteiger partial charge in [-0.3, -0.25) is 19.2 Å². The summed E-state index contributed by atoms with van der Waals surface area (Å²) in [5.41, 5.74) is 3.19. The molecule has 3 aromatic rings. The lowest BCUT2D eigenvalue weighted by atomic mass is 10.1. The average molecular weight is 588 g/mol. The van der Waals surface area contributed by atoms with E-state index >= 15 is 0 Å². The predicted molar refractivity (Wildman–Crippen MR) is 159 cm³/mol. The van der Waals surface area contributed by atoms with Crippen LogP contribution in [0.5, 0.6) is 11.5 Å². The number of ether oxygens (including phenoxy) is 1. The van der Waals surface area contributed by atoms with Crippen molar-refractivity contribution in [2.75, 3.05) is 5.34 Å². The van der Waals surface area contributed by atoms with Crippen LogP contribution in [-0.2, 0) is 38.6 Å². The maximum Gasteiger partial charge on any atom is 0.140 e. The van der Waals surface area contributed by atoms with Gasteiger partial charge in [0, 0.05) is 12.8 Å². The van der Waals surface area contributed by atoms with Gasteiger partial charge in [-0.15, -0.1) is 23.2 Å². The number of rotatable bonds is 13. The van der Waals surface area contributed by atoms with Crippen LogP contribution in [0.4, 0.5) is 0 Å². The molecule has 3 aromatic carbocycles. The number of ketones is 4. The molecule has 0 radical (unpaired) electrons. The molecule has 0 saturated carbocycles. The number of Topliss-reactive ketones (excluding diaryl/α,β-unsaturated/α-hetero) is 4. The Bertz CT molecular complexity index is 1180. The van der Waals surface area contributed by atoms with Gasteiger partial charge in [-0.2, -0.15) is 0 Å². The zero-order chi connectivity index (χ0) is 29.8. The fourth-order valence-electron chi connectivity index (χ4n) is 3.46. The van der Waals surface area contributed by atoms with Crippen LogP contribution in [0.3, 0.4) is 0 Å². The quantitative estimate of drug-likeness (QED) is 0.170. The van der Waals surface area contributed by atoms with E-state index in [2.05, 4.69) is 0 Å². The molecule has 0 amide bonds. The van der Waals surface area contributed by atoms with E-state index < -0.39 is 0 Å². The number of phenolic OH excluding ortho intramolecular Hbond substituents is 1. The van der Waals surface area contributed by atoms with E-state index in [1.165, 1.54) is 13.8 Å². The van der Waals surface area contributed by atoms with Gasteiger partial charge in [-0.05, 0) is 67.6 Å². The molecule has 0 heterocycles. The van der Waals surface area contributed by atoms with E-state index in [1.807, 2.05) is 54.6 Å². The molecule has 0 saturated heterocycles. The molecule has 0 fully saturated rings. The molecule has 0 unspecified atom stereocenters. The standard InChI is InChI=1S/C19H20O3.C12H14O3.CH2Cl2/c1-15(20)13-18(21)10-7-16-8-11-19(12-9-16)22-14-17-5-3-2-4-6-17;1-9(13)8-12(15)7-4-10-2-5-11(14)6-3-10;2-1-3/h2-6,8-9,11-12H,7,10,13-14H2,1H3;2-3,5-6,14H,4,7-8H2,1H3;1H2. The number of carbonyl (C=O) groups is 4. The van der Waals surface area contributed by atoms with Crippen molar-refractivity contribution in [3.8, 4) is 11.5 Å². The third-order valence-electron chi connectivity index (χ3n) is 5.39. The molecule has 3 rings (SSSR count). The summed E-state index contributed by atoms with van der Waals surface area (Å²) in [7, 11) is 0. The summed E-state index contributed by atoms with van der Waals surface area (Å²) in [5, 5.41) is 9.24. The smallest absolute Gasteiger partial charge is 0.140 e. The maximum atomic E-state index is 11.5. The van der Waals surface area contributed by atoms with Crippen molar-refractivity contribution >= 4 is 46.3 Å². The lowest BCUT2D eigenvalue weighted by Crippen LogP contribution is -2.05. The Morgan fingerprint density at radius 2 is 1.07 bits per heavy atom. The molecule has 40 heavy (non-hydrogen) atoms. The van der Waals surface area contributed by atoms with Gasteiger partial charge in [0.2, 0.25) is 0 Å². The number of phenols is 1. The van der Waals surface area contributed by atoms with Gasteiger partial charge >= 0.3 is 0 Å². The van der Waals surface area contributed by atoms with Crippen LogP contribution in [0.1, 0.15) is 56.2 Å². The third kappa shape index (κ3) is 17.2. The van der Waals surface area contributed by atoms with Crippen LogP contribution >= 0.6 is 23.2 Å². The SMILES string of the molecule is CC(=O)CC(=O)CCc1ccc(O)cc1.CC(=O)CC(=O)CCc1ccc(OCc2ccccc2)cc1.ClCCl. The fourth-order valence-corrected chi connectivity index (χ4v) is 3.46. The molecule has 214 valence electrons. The van der Waals surface area contributed by atoms with Crippen molar-refractivity contribution in [3.05, 3.63) is 95.6 Å². The lowest BCUT2D eigenvalue weighted by molar-refractivity contribution is -0.127. The van der Waals surface area contributed by atoms with Crippen LogP contribution in [0.15, 0.2) is 78.9 Å². The van der Waals surface area contributed by atoms with E-state index in [0.29, 0.717) is 32.3 Å². The molecular weight excluding hydrogens is 551 g/mol. The minimum absolute atomic E-state index is 0.00287. The van der Waals surface area contributed by atoms with Gasteiger partial charge in [0.05, 0.1) is 18.2 Å². The number of halogens is 2. The summed E-state index contributed by atoms with van der Waals surface area (Å²) in [6.45, 7) is 3.40. The number of alkyl halides is 2. The van der Waals surface area contributed by atoms with E-state index in [0.717, 1.165) is 22.4 Å². The van der Waals surface area contributed by atoms with E-state index in [1.54, 1.807) is 24.3 Å². The Kier molecular flexibility index (Phi) is 17.6. The van der Waals surface area contributed by atoms with Crippen LogP contribution in [-0.4, -0.2) is 33.6 Å². The van der Waals surface area contributed by atoms with Crippen molar-refractivity contribution in [2.45, 2.75) is 59.0 Å². The monoisotopic (exact) mass is 586 g/mol. The number of aryl methyl sites for hydroxylation is 2. The highest BCUT2D eigenvalue weighted by molar-refractivity contribution is 6.40. The fraction of sp³-hybridized carbons (Fsp3) is 0.312. The minimum atomic E-state index is -0.0919. The first-order valence-electron chi connectivity index (χ1n) is 12.8. The molecule has 0 aliphatic rings. The van der Waals surface area contributed by atoms with E-state index in [4.69, 9.17) is 33.0 Å². The van der Waals surface area contributed by atoms with Crippen LogP contribution < -0.4 is 4.74 Å². The van der Waals surface area contributed by atoms with Crippen molar-refractivity contribution in [3.63, 3.8) is 0 Å². The minimum Gasteiger partial charge on any atom is -0.508 e. The Labute approximate surface area is 246 Å².